The summed E-state index contributed by atoms with van der Waals surface area (Å²) in [5.41, 5.74) is 8.59. The first-order valence-corrected chi connectivity index (χ1v) is 10.0. The van der Waals surface area contributed by atoms with Gasteiger partial charge in [-0.3, -0.25) is 4.79 Å². The van der Waals surface area contributed by atoms with E-state index in [0.717, 1.165) is 16.8 Å². The van der Waals surface area contributed by atoms with Crippen molar-refractivity contribution in [1.29, 1.82) is 0 Å². The topological polar surface area (TPSA) is 92.5 Å². The van der Waals surface area contributed by atoms with E-state index in [1.165, 1.54) is 13.0 Å². The summed E-state index contributed by atoms with van der Waals surface area (Å²) in [7, 11) is -3.67. The number of sulfonamides is 1. The van der Waals surface area contributed by atoms with Crippen LogP contribution in [0.4, 0.5) is 5.69 Å². The molecular formula is C19H24ClN3O3S. The third-order valence-corrected chi connectivity index (χ3v) is 6.06. The molecule has 1 heterocycles. The van der Waals surface area contributed by atoms with Crippen LogP contribution in [0.1, 0.15) is 31.0 Å². The van der Waals surface area contributed by atoms with Gasteiger partial charge in [0.15, 0.2) is 0 Å². The van der Waals surface area contributed by atoms with Gasteiger partial charge in [0.1, 0.15) is 0 Å². The molecule has 0 aliphatic carbocycles. The molecule has 146 valence electrons. The van der Waals surface area contributed by atoms with Crippen molar-refractivity contribution in [1.82, 2.24) is 4.72 Å². The fraction of sp³-hybridized carbons (Fsp3) is 0.316. The highest BCUT2D eigenvalue weighted by Gasteiger charge is 2.30. The number of halogens is 1. The van der Waals surface area contributed by atoms with Crippen molar-refractivity contribution in [3.05, 3.63) is 59.7 Å². The first kappa shape index (κ1) is 21.4. The lowest BCUT2D eigenvalue weighted by Crippen LogP contribution is -2.33. The first-order valence-electron chi connectivity index (χ1n) is 8.52. The monoisotopic (exact) mass is 409 g/mol. The van der Waals surface area contributed by atoms with Crippen molar-refractivity contribution in [3.63, 3.8) is 0 Å². The fourth-order valence-corrected chi connectivity index (χ4v) is 4.47. The van der Waals surface area contributed by atoms with Gasteiger partial charge in [-0.05, 0) is 42.7 Å². The van der Waals surface area contributed by atoms with Crippen LogP contribution >= 0.6 is 12.4 Å². The van der Waals surface area contributed by atoms with E-state index >= 15 is 0 Å². The Hall–Kier alpha value is -1.93. The molecule has 2 aromatic rings. The standard InChI is InChI=1S/C19H23N3O3S.ClH/c1-13-10-16-11-17(8-9-19(16)22(13)14(2)23)26(24,25)21-12-18(20)15-6-4-3-5-7-15;/h3-9,11,13,18,21H,10,12,20H2,1-2H3;1H. The molecule has 0 fully saturated rings. The summed E-state index contributed by atoms with van der Waals surface area (Å²) in [6.07, 6.45) is 0.641. The quantitative estimate of drug-likeness (QED) is 0.792. The van der Waals surface area contributed by atoms with Crippen LogP contribution in [0.2, 0.25) is 0 Å². The Morgan fingerprint density at radius 1 is 1.26 bits per heavy atom. The van der Waals surface area contributed by atoms with E-state index in [2.05, 4.69) is 4.72 Å². The zero-order valence-electron chi connectivity index (χ0n) is 15.3. The maximum absolute atomic E-state index is 12.6. The van der Waals surface area contributed by atoms with E-state index in [0.29, 0.717) is 6.42 Å². The molecule has 1 aliphatic rings. The van der Waals surface area contributed by atoms with E-state index in [-0.39, 0.29) is 35.8 Å². The van der Waals surface area contributed by atoms with E-state index in [4.69, 9.17) is 5.73 Å². The Labute approximate surface area is 166 Å². The van der Waals surface area contributed by atoms with Crippen molar-refractivity contribution in [3.8, 4) is 0 Å². The minimum absolute atomic E-state index is 0. The molecule has 2 atom stereocenters. The number of nitrogens with two attached hydrogens (primary N) is 1. The first-order chi connectivity index (χ1) is 12.3. The van der Waals surface area contributed by atoms with Gasteiger partial charge < -0.3 is 10.6 Å². The zero-order valence-corrected chi connectivity index (χ0v) is 16.9. The normalized spacial score (nSPS) is 17.1. The minimum atomic E-state index is -3.67. The van der Waals surface area contributed by atoms with Crippen molar-refractivity contribution < 1.29 is 13.2 Å². The van der Waals surface area contributed by atoms with Crippen LogP contribution in [0.15, 0.2) is 53.4 Å². The lowest BCUT2D eigenvalue weighted by molar-refractivity contribution is -0.116. The third-order valence-electron chi connectivity index (χ3n) is 4.64. The molecule has 2 unspecified atom stereocenters. The van der Waals surface area contributed by atoms with Gasteiger partial charge in [-0.15, -0.1) is 12.4 Å². The number of hydrogen-bond donors (Lipinski definition) is 2. The molecule has 3 rings (SSSR count). The van der Waals surface area contributed by atoms with Crippen molar-refractivity contribution in [2.24, 2.45) is 5.73 Å². The van der Waals surface area contributed by atoms with Gasteiger partial charge in [0.2, 0.25) is 15.9 Å². The number of benzene rings is 2. The zero-order chi connectivity index (χ0) is 18.9. The Morgan fingerprint density at radius 3 is 2.56 bits per heavy atom. The highest BCUT2D eigenvalue weighted by molar-refractivity contribution is 7.89. The van der Waals surface area contributed by atoms with E-state index < -0.39 is 16.1 Å². The van der Waals surface area contributed by atoms with Crippen LogP contribution in [0, 0.1) is 0 Å². The number of hydrogen-bond acceptors (Lipinski definition) is 4. The summed E-state index contributed by atoms with van der Waals surface area (Å²) in [5.74, 6) is -0.0428. The molecule has 0 bridgehead atoms. The number of carbonyl (C=O) groups excluding carboxylic acids is 1. The Balaban J connectivity index is 0.00000261. The Bertz CT molecular complexity index is 919. The van der Waals surface area contributed by atoms with Gasteiger partial charge in [0.05, 0.1) is 4.90 Å². The molecule has 0 spiro atoms. The summed E-state index contributed by atoms with van der Waals surface area (Å²) >= 11 is 0. The molecule has 2 aromatic carbocycles. The third kappa shape index (κ3) is 4.50. The van der Waals surface area contributed by atoms with Crippen molar-refractivity contribution >= 4 is 34.0 Å². The predicted octanol–water partition coefficient (Wildman–Crippen LogP) is 2.38. The fourth-order valence-electron chi connectivity index (χ4n) is 3.36. The van der Waals surface area contributed by atoms with E-state index in [1.807, 2.05) is 37.3 Å². The summed E-state index contributed by atoms with van der Waals surface area (Å²) in [6, 6.07) is 13.8. The highest BCUT2D eigenvalue weighted by Crippen LogP contribution is 2.33. The number of rotatable bonds is 5. The molecule has 8 heteroatoms. The number of nitrogens with zero attached hydrogens (tertiary/aromatic N) is 1. The van der Waals surface area contributed by atoms with Gasteiger partial charge in [0.25, 0.3) is 0 Å². The van der Waals surface area contributed by atoms with Crippen molar-refractivity contribution in [2.75, 3.05) is 11.4 Å². The van der Waals surface area contributed by atoms with Crippen molar-refractivity contribution in [2.45, 2.75) is 37.2 Å². The number of amides is 1. The van der Waals surface area contributed by atoms with Crippen LogP contribution in [-0.4, -0.2) is 26.9 Å². The van der Waals surface area contributed by atoms with Crippen LogP contribution in [-0.2, 0) is 21.2 Å². The average molecular weight is 410 g/mol. The maximum atomic E-state index is 12.6. The minimum Gasteiger partial charge on any atom is -0.323 e. The van der Waals surface area contributed by atoms with Gasteiger partial charge in [0, 0.05) is 31.2 Å². The van der Waals surface area contributed by atoms with E-state index in [9.17, 15) is 13.2 Å². The van der Waals surface area contributed by atoms with Crippen LogP contribution < -0.4 is 15.4 Å². The lowest BCUT2D eigenvalue weighted by Gasteiger charge is -2.20. The van der Waals surface area contributed by atoms with E-state index in [1.54, 1.807) is 17.0 Å². The second-order valence-corrected chi connectivity index (χ2v) is 8.37. The Morgan fingerprint density at radius 2 is 1.93 bits per heavy atom. The summed E-state index contributed by atoms with van der Waals surface area (Å²) < 4.78 is 27.8. The van der Waals surface area contributed by atoms with Gasteiger partial charge in [-0.25, -0.2) is 13.1 Å². The molecule has 27 heavy (non-hydrogen) atoms. The number of fused-ring (bicyclic) bond motifs is 1. The summed E-state index contributed by atoms with van der Waals surface area (Å²) in [5, 5.41) is 0. The molecule has 3 N–H and O–H groups in total. The summed E-state index contributed by atoms with van der Waals surface area (Å²) in [6.45, 7) is 3.58. The maximum Gasteiger partial charge on any atom is 0.240 e. The number of carbonyl (C=O) groups is 1. The average Bonchev–Trinajstić information content (AvgIpc) is 2.95. The SMILES string of the molecule is CC(=O)N1c2ccc(S(=O)(=O)NCC(N)c3ccccc3)cc2CC1C.Cl. The van der Waals surface area contributed by atoms with Crippen LogP contribution in [0.3, 0.4) is 0 Å². The number of anilines is 1. The van der Waals surface area contributed by atoms with Crippen LogP contribution in [0.25, 0.3) is 0 Å². The molecule has 0 saturated heterocycles. The largest absolute Gasteiger partial charge is 0.323 e. The Kier molecular flexibility index (Phi) is 6.64. The van der Waals surface area contributed by atoms with Gasteiger partial charge in [-0.2, -0.15) is 0 Å². The lowest BCUT2D eigenvalue weighted by atomic mass is 10.1. The predicted molar refractivity (Wildman–Crippen MR) is 109 cm³/mol. The molecular weight excluding hydrogens is 386 g/mol. The van der Waals surface area contributed by atoms with Gasteiger partial charge in [-0.1, -0.05) is 30.3 Å². The number of nitrogens with one attached hydrogen (secondary N) is 1. The second-order valence-electron chi connectivity index (χ2n) is 6.60. The molecule has 6 nitrogen and oxygen atoms in total. The van der Waals surface area contributed by atoms with Crippen LogP contribution in [0.5, 0.6) is 0 Å². The molecule has 0 radical (unpaired) electrons. The molecule has 0 saturated carbocycles. The molecule has 1 amide bonds. The molecule has 1 aliphatic heterocycles. The van der Waals surface area contributed by atoms with Gasteiger partial charge >= 0.3 is 0 Å². The molecule has 0 aromatic heterocycles. The highest BCUT2D eigenvalue weighted by atomic mass is 35.5. The summed E-state index contributed by atoms with van der Waals surface area (Å²) in [4.78, 5) is 13.7. The second kappa shape index (κ2) is 8.39. The smallest absolute Gasteiger partial charge is 0.240 e.